The van der Waals surface area contributed by atoms with Crippen molar-refractivity contribution in [2.75, 3.05) is 38.3 Å². The number of aliphatic hydroxyl groups excluding tert-OH is 1. The molecule has 2 fully saturated rings. The van der Waals surface area contributed by atoms with E-state index in [9.17, 15) is 14.7 Å². The summed E-state index contributed by atoms with van der Waals surface area (Å²) in [4.78, 5) is 34.4. The van der Waals surface area contributed by atoms with Crippen LogP contribution in [-0.2, 0) is 9.53 Å². The Bertz CT molecular complexity index is 893. The van der Waals surface area contributed by atoms with Gasteiger partial charge in [0.1, 0.15) is 16.9 Å². The molecule has 2 amide bonds. The summed E-state index contributed by atoms with van der Waals surface area (Å²) in [7, 11) is 1.67. The minimum atomic E-state index is -1.30. The second kappa shape index (κ2) is 10.2. The summed E-state index contributed by atoms with van der Waals surface area (Å²) in [5.74, 6) is -0.445. The lowest BCUT2D eigenvalue weighted by molar-refractivity contribution is -0.124. The van der Waals surface area contributed by atoms with Crippen molar-refractivity contribution < 1.29 is 24.2 Å². The molecule has 1 saturated heterocycles. The number of amides is 2. The summed E-state index contributed by atoms with van der Waals surface area (Å²) in [6.07, 6.45) is 1.57. The van der Waals surface area contributed by atoms with Gasteiger partial charge >= 0.3 is 0 Å². The van der Waals surface area contributed by atoms with Crippen molar-refractivity contribution >= 4 is 17.5 Å². The van der Waals surface area contributed by atoms with Crippen LogP contribution in [0.1, 0.15) is 43.6 Å². The van der Waals surface area contributed by atoms with Crippen molar-refractivity contribution in [2.45, 2.75) is 44.8 Å². The van der Waals surface area contributed by atoms with Gasteiger partial charge in [-0.15, -0.1) is 0 Å². The Morgan fingerprint density at radius 3 is 2.62 bits per heavy atom. The Morgan fingerprint density at radius 1 is 1.34 bits per heavy atom. The van der Waals surface area contributed by atoms with Gasteiger partial charge in [-0.05, 0) is 53.9 Å². The van der Waals surface area contributed by atoms with E-state index < -0.39 is 17.4 Å². The third-order valence-electron chi connectivity index (χ3n) is 6.44. The van der Waals surface area contributed by atoms with E-state index in [4.69, 9.17) is 15.0 Å². The van der Waals surface area contributed by atoms with Crippen LogP contribution in [0.4, 0.5) is 5.69 Å². The van der Waals surface area contributed by atoms with E-state index in [0.29, 0.717) is 25.6 Å². The lowest BCUT2D eigenvalue weighted by Crippen LogP contribution is -2.53. The minimum Gasteiger partial charge on any atom is -0.476 e. The van der Waals surface area contributed by atoms with Gasteiger partial charge in [0, 0.05) is 31.7 Å². The van der Waals surface area contributed by atoms with Gasteiger partial charge in [-0.3, -0.25) is 9.59 Å². The highest BCUT2D eigenvalue weighted by Gasteiger charge is 2.38. The van der Waals surface area contributed by atoms with Gasteiger partial charge in [-0.25, -0.2) is 4.98 Å². The fourth-order valence-electron chi connectivity index (χ4n) is 3.81. The van der Waals surface area contributed by atoms with E-state index in [0.717, 1.165) is 12.1 Å². The highest BCUT2D eigenvalue weighted by molar-refractivity contribution is 5.98. The van der Waals surface area contributed by atoms with Crippen LogP contribution >= 0.6 is 0 Å². The number of nitrogens with one attached hydrogen (secondary N) is 1. The number of aromatic nitrogens is 1. The summed E-state index contributed by atoms with van der Waals surface area (Å²) < 4.78 is 11.3. The van der Waals surface area contributed by atoms with E-state index in [1.165, 1.54) is 0 Å². The molecule has 11 nitrogen and oxygen atoms in total. The van der Waals surface area contributed by atoms with Gasteiger partial charge in [-0.1, -0.05) is 13.8 Å². The van der Waals surface area contributed by atoms with E-state index >= 15 is 0 Å². The molecular formula is C21H30N6O5. The molecule has 174 valence electrons. The van der Waals surface area contributed by atoms with Crippen molar-refractivity contribution in [3.8, 4) is 5.88 Å². The first-order chi connectivity index (χ1) is 15.4. The lowest BCUT2D eigenvalue weighted by atomic mass is 9.91. The minimum absolute atomic E-state index is 0.0992. The van der Waals surface area contributed by atoms with Crippen LogP contribution in [0.15, 0.2) is 17.2 Å². The predicted molar refractivity (Wildman–Crippen MR) is 116 cm³/mol. The Labute approximate surface area is 186 Å². The van der Waals surface area contributed by atoms with Crippen molar-refractivity contribution in [3.05, 3.63) is 28.3 Å². The Kier molecular flexibility index (Phi) is 7.55. The number of nitrogens with zero attached hydrogens (tertiary/aromatic N) is 5. The van der Waals surface area contributed by atoms with Gasteiger partial charge in [0.15, 0.2) is 0 Å². The normalized spacial score (nSPS) is 20.2. The predicted octanol–water partition coefficient (Wildman–Crippen LogP) is 2.05. The fourth-order valence-corrected chi connectivity index (χ4v) is 3.81. The number of anilines is 1. The van der Waals surface area contributed by atoms with Crippen LogP contribution in [0.2, 0.25) is 0 Å². The van der Waals surface area contributed by atoms with Crippen molar-refractivity contribution in [1.29, 1.82) is 0 Å². The van der Waals surface area contributed by atoms with Crippen LogP contribution < -0.4 is 15.0 Å². The molecule has 1 saturated carbocycles. The summed E-state index contributed by atoms with van der Waals surface area (Å²) in [5.41, 5.74) is 8.20. The molecule has 1 aromatic heterocycles. The monoisotopic (exact) mass is 446 g/mol. The number of azide groups is 1. The third-order valence-corrected chi connectivity index (χ3v) is 6.44. The number of hydrogen-bond acceptors (Lipinski definition) is 7. The van der Waals surface area contributed by atoms with Gasteiger partial charge in [0.2, 0.25) is 11.8 Å². The quantitative estimate of drug-likeness (QED) is 0.300. The van der Waals surface area contributed by atoms with Crippen LogP contribution in [-0.4, -0.2) is 67.0 Å². The third kappa shape index (κ3) is 4.95. The fraction of sp³-hybridized carbons (Fsp3) is 0.667. The zero-order valence-electron chi connectivity index (χ0n) is 18.7. The van der Waals surface area contributed by atoms with Gasteiger partial charge in [0.05, 0.1) is 12.7 Å². The lowest BCUT2D eigenvalue weighted by Gasteiger charge is -2.40. The maximum Gasteiger partial charge on any atom is 0.270 e. The summed E-state index contributed by atoms with van der Waals surface area (Å²) >= 11 is 0. The van der Waals surface area contributed by atoms with Crippen molar-refractivity contribution in [2.24, 2.45) is 17.0 Å². The van der Waals surface area contributed by atoms with Gasteiger partial charge in [-0.2, -0.15) is 0 Å². The number of aliphatic hydroxyl groups is 1. The van der Waals surface area contributed by atoms with E-state index in [1.807, 2.05) is 0 Å². The zero-order chi connectivity index (χ0) is 23.3. The molecule has 0 radical (unpaired) electrons. The first kappa shape index (κ1) is 23.8. The number of rotatable bonds is 11. The number of methoxy groups -OCH3 is 1. The van der Waals surface area contributed by atoms with E-state index in [-0.39, 0.29) is 43.1 Å². The number of pyridine rings is 1. The van der Waals surface area contributed by atoms with Gasteiger partial charge < -0.3 is 24.8 Å². The van der Waals surface area contributed by atoms with E-state index in [1.54, 1.807) is 33.1 Å². The standard InChI is InChI=1S/C21H30N6O5/c1-4-21(5-2,20(30)25-26-22)24-18(29)16-6-7-17(27-9-15(10-27)31-3)19(23-16)32-12-14-8-13(14)11-28/h6-7,13-15,28H,4-5,8-12H2,1-3H3,(H,24,29)/t13-,14?/m1/s1. The van der Waals surface area contributed by atoms with Crippen LogP contribution in [0.25, 0.3) is 10.4 Å². The molecule has 32 heavy (non-hydrogen) atoms. The first-order valence-corrected chi connectivity index (χ1v) is 10.9. The van der Waals surface area contributed by atoms with E-state index in [2.05, 4.69) is 25.2 Å². The topological polar surface area (TPSA) is 150 Å². The second-order valence-electron chi connectivity index (χ2n) is 8.27. The molecule has 1 unspecified atom stereocenters. The molecule has 1 aliphatic heterocycles. The van der Waals surface area contributed by atoms with Crippen LogP contribution in [0.5, 0.6) is 5.88 Å². The van der Waals surface area contributed by atoms with Crippen LogP contribution in [0.3, 0.4) is 0 Å². The Balaban J connectivity index is 1.80. The highest BCUT2D eigenvalue weighted by atomic mass is 16.5. The molecule has 0 aromatic carbocycles. The number of hydrogen-bond donors (Lipinski definition) is 2. The summed E-state index contributed by atoms with van der Waals surface area (Å²) in [5, 5.41) is 15.2. The molecule has 0 bridgehead atoms. The molecule has 2 heterocycles. The Morgan fingerprint density at radius 2 is 2.06 bits per heavy atom. The molecule has 1 aliphatic carbocycles. The number of carbonyl (C=O) groups excluding carboxylic acids is 2. The molecule has 11 heteroatoms. The molecule has 1 aromatic rings. The van der Waals surface area contributed by atoms with Crippen molar-refractivity contribution in [3.63, 3.8) is 0 Å². The maximum atomic E-state index is 13.0. The smallest absolute Gasteiger partial charge is 0.270 e. The zero-order valence-corrected chi connectivity index (χ0v) is 18.7. The molecule has 3 rings (SSSR count). The average Bonchev–Trinajstić information content (AvgIpc) is 3.54. The van der Waals surface area contributed by atoms with Crippen molar-refractivity contribution in [1.82, 2.24) is 10.3 Å². The summed E-state index contributed by atoms with van der Waals surface area (Å²) in [6.45, 7) is 5.40. The Hall–Kier alpha value is -2.88. The molecule has 2 N–H and O–H groups in total. The highest BCUT2D eigenvalue weighted by Crippen LogP contribution is 2.39. The molecule has 0 spiro atoms. The number of ether oxygens (including phenoxy) is 2. The first-order valence-electron chi connectivity index (χ1n) is 10.9. The van der Waals surface area contributed by atoms with Gasteiger partial charge in [0.25, 0.3) is 5.91 Å². The number of carbonyl (C=O) groups is 2. The maximum absolute atomic E-state index is 13.0. The average molecular weight is 447 g/mol. The molecule has 2 atom stereocenters. The largest absolute Gasteiger partial charge is 0.476 e. The SMILES string of the molecule is CCC(CC)(NC(=O)c1ccc(N2CC(OC)C2)c(OCC2C[C@@H]2CO)n1)C(=O)N=[N+]=[N-]. The summed E-state index contributed by atoms with van der Waals surface area (Å²) in [6, 6.07) is 3.35. The van der Waals surface area contributed by atoms with Crippen LogP contribution in [0, 0.1) is 11.8 Å². The second-order valence-corrected chi connectivity index (χ2v) is 8.27. The molecule has 2 aliphatic rings. The molecular weight excluding hydrogens is 416 g/mol.